The third kappa shape index (κ3) is 2.58. The van der Waals surface area contributed by atoms with E-state index in [1.54, 1.807) is 0 Å². The van der Waals surface area contributed by atoms with E-state index in [9.17, 15) is 4.79 Å². The summed E-state index contributed by atoms with van der Waals surface area (Å²) in [6.45, 7) is 4.95. The third-order valence-electron chi connectivity index (χ3n) is 5.76. The number of aromatic nitrogens is 2. The van der Waals surface area contributed by atoms with E-state index >= 15 is 0 Å². The maximum atomic E-state index is 12.4. The molecule has 0 radical (unpaired) electrons. The number of ether oxygens (including phenoxy) is 1. The second kappa shape index (κ2) is 5.43. The summed E-state index contributed by atoms with van der Waals surface area (Å²) in [5.41, 5.74) is 3.33. The van der Waals surface area contributed by atoms with Crippen molar-refractivity contribution in [1.29, 1.82) is 0 Å². The largest absolute Gasteiger partial charge is 0.363 e. The lowest BCUT2D eigenvalue weighted by atomic mass is 10.0. The Morgan fingerprint density at radius 3 is 3.00 bits per heavy atom. The molecular weight excluding hydrogens is 314 g/mol. The molecule has 1 atom stereocenters. The molecule has 2 aliphatic heterocycles. The predicted octanol–water partition coefficient (Wildman–Crippen LogP) is 2.77. The Kier molecular flexibility index (Phi) is 3.29. The molecule has 130 valence electrons. The summed E-state index contributed by atoms with van der Waals surface area (Å²) in [6.07, 6.45) is 4.99. The molecule has 25 heavy (non-hydrogen) atoms. The zero-order valence-corrected chi connectivity index (χ0v) is 14.6. The van der Waals surface area contributed by atoms with Crippen LogP contribution >= 0.6 is 0 Å². The number of carbonyl (C=O) groups is 1. The number of hydrogen-bond donors (Lipinski definition) is 0. The van der Waals surface area contributed by atoms with Crippen LogP contribution in [0.2, 0.25) is 0 Å². The van der Waals surface area contributed by atoms with Crippen molar-refractivity contribution in [2.45, 2.75) is 44.9 Å². The second-order valence-electron chi connectivity index (χ2n) is 7.77. The van der Waals surface area contributed by atoms with Crippen LogP contribution in [-0.4, -0.2) is 39.0 Å². The molecule has 2 aromatic rings. The average molecular weight is 337 g/mol. The quantitative estimate of drug-likeness (QED) is 0.847. The van der Waals surface area contributed by atoms with E-state index in [2.05, 4.69) is 40.7 Å². The van der Waals surface area contributed by atoms with Gasteiger partial charge in [0.15, 0.2) is 0 Å². The van der Waals surface area contributed by atoms with Crippen molar-refractivity contribution in [3.05, 3.63) is 41.9 Å². The Balaban J connectivity index is 1.43. The molecule has 0 N–H and O–H groups in total. The Hall–Kier alpha value is -2.14. The number of imidazole rings is 1. The van der Waals surface area contributed by atoms with Gasteiger partial charge in [0.1, 0.15) is 18.0 Å². The molecule has 1 unspecified atom stereocenters. The standard InChI is InChI=1S/C20H23N3O2/c1-14-3-2-4-16(9-14)17-10-21-18-11-25-20(13-23(17)18)7-8-22(12-20)19(24)15-5-6-15/h2-4,9-10,15H,5-8,11-13H2,1H3. The normalized spacial score (nSPS) is 25.4. The van der Waals surface area contributed by atoms with Gasteiger partial charge in [-0.1, -0.05) is 23.8 Å². The first-order valence-corrected chi connectivity index (χ1v) is 9.18. The molecule has 2 fully saturated rings. The number of amides is 1. The fraction of sp³-hybridized carbons (Fsp3) is 0.500. The summed E-state index contributed by atoms with van der Waals surface area (Å²) in [5.74, 6) is 1.59. The van der Waals surface area contributed by atoms with E-state index in [4.69, 9.17) is 4.74 Å². The van der Waals surface area contributed by atoms with Gasteiger partial charge in [0, 0.05) is 18.0 Å². The number of aryl methyl sites for hydroxylation is 1. The first-order valence-electron chi connectivity index (χ1n) is 9.18. The lowest BCUT2D eigenvalue weighted by Crippen LogP contribution is -2.45. The summed E-state index contributed by atoms with van der Waals surface area (Å²) in [4.78, 5) is 19.0. The molecule has 5 nitrogen and oxygen atoms in total. The van der Waals surface area contributed by atoms with Crippen molar-refractivity contribution < 1.29 is 9.53 Å². The number of nitrogens with zero attached hydrogens (tertiary/aromatic N) is 3. The van der Waals surface area contributed by atoms with Gasteiger partial charge < -0.3 is 14.2 Å². The van der Waals surface area contributed by atoms with Gasteiger partial charge in [-0.2, -0.15) is 0 Å². The summed E-state index contributed by atoms with van der Waals surface area (Å²) in [6, 6.07) is 8.53. The monoisotopic (exact) mass is 337 g/mol. The van der Waals surface area contributed by atoms with Crippen molar-refractivity contribution >= 4 is 5.91 Å². The maximum Gasteiger partial charge on any atom is 0.225 e. The van der Waals surface area contributed by atoms with Crippen molar-refractivity contribution in [1.82, 2.24) is 14.5 Å². The number of carbonyl (C=O) groups excluding carboxylic acids is 1. The van der Waals surface area contributed by atoms with Crippen molar-refractivity contribution in [3.63, 3.8) is 0 Å². The highest BCUT2D eigenvalue weighted by Crippen LogP contribution is 2.38. The highest BCUT2D eigenvalue weighted by atomic mass is 16.5. The van der Waals surface area contributed by atoms with Crippen LogP contribution in [0.25, 0.3) is 11.3 Å². The lowest BCUT2D eigenvalue weighted by molar-refractivity contribution is -0.134. The Morgan fingerprint density at radius 2 is 2.20 bits per heavy atom. The topological polar surface area (TPSA) is 47.4 Å². The first kappa shape index (κ1) is 15.1. The molecule has 1 aromatic heterocycles. The molecule has 1 amide bonds. The molecule has 5 heteroatoms. The summed E-state index contributed by atoms with van der Waals surface area (Å²) in [7, 11) is 0. The number of rotatable bonds is 2. The highest BCUT2D eigenvalue weighted by Gasteiger charge is 2.46. The van der Waals surface area contributed by atoms with Gasteiger partial charge in [0.2, 0.25) is 5.91 Å². The zero-order valence-electron chi connectivity index (χ0n) is 14.6. The van der Waals surface area contributed by atoms with Gasteiger partial charge in [-0.15, -0.1) is 0 Å². The molecular formula is C20H23N3O2. The predicted molar refractivity (Wildman–Crippen MR) is 93.8 cm³/mol. The Bertz CT molecular complexity index is 839. The van der Waals surface area contributed by atoms with Crippen LogP contribution in [0, 0.1) is 12.8 Å². The minimum Gasteiger partial charge on any atom is -0.363 e. The van der Waals surface area contributed by atoms with Crippen molar-refractivity contribution in [3.8, 4) is 11.3 Å². The summed E-state index contributed by atoms with van der Waals surface area (Å²) in [5, 5.41) is 0. The van der Waals surface area contributed by atoms with Crippen LogP contribution < -0.4 is 0 Å². The van der Waals surface area contributed by atoms with Gasteiger partial charge in [-0.05, 0) is 32.3 Å². The average Bonchev–Trinajstić information content (AvgIpc) is 3.26. The molecule has 1 saturated carbocycles. The molecule has 3 heterocycles. The van der Waals surface area contributed by atoms with E-state index in [1.165, 1.54) is 11.1 Å². The Morgan fingerprint density at radius 1 is 1.32 bits per heavy atom. The van der Waals surface area contributed by atoms with Gasteiger partial charge in [-0.3, -0.25) is 4.79 Å². The minimum atomic E-state index is -0.253. The van der Waals surface area contributed by atoms with Crippen LogP contribution in [0.4, 0.5) is 0 Å². The molecule has 1 aliphatic carbocycles. The maximum absolute atomic E-state index is 12.4. The fourth-order valence-electron chi connectivity index (χ4n) is 4.16. The van der Waals surface area contributed by atoms with E-state index in [1.807, 2.05) is 11.1 Å². The van der Waals surface area contributed by atoms with E-state index in [-0.39, 0.29) is 11.5 Å². The SMILES string of the molecule is Cc1cccc(-c2cnc3n2CC2(CCN(C(=O)C4CC4)C2)OC3)c1. The van der Waals surface area contributed by atoms with Crippen LogP contribution in [0.15, 0.2) is 30.5 Å². The Labute approximate surface area is 147 Å². The number of fused-ring (bicyclic) bond motifs is 1. The first-order chi connectivity index (χ1) is 12.1. The summed E-state index contributed by atoms with van der Waals surface area (Å²) < 4.78 is 8.52. The fourth-order valence-corrected chi connectivity index (χ4v) is 4.16. The molecule has 1 spiro atoms. The van der Waals surface area contributed by atoms with E-state index in [0.717, 1.165) is 43.9 Å². The lowest BCUT2D eigenvalue weighted by Gasteiger charge is -2.35. The highest BCUT2D eigenvalue weighted by molar-refractivity contribution is 5.81. The van der Waals surface area contributed by atoms with Crippen LogP contribution in [0.3, 0.4) is 0 Å². The van der Waals surface area contributed by atoms with Crippen LogP contribution in [-0.2, 0) is 22.7 Å². The zero-order chi connectivity index (χ0) is 17.0. The molecule has 3 aliphatic rings. The van der Waals surface area contributed by atoms with Crippen LogP contribution in [0.1, 0.15) is 30.7 Å². The number of hydrogen-bond acceptors (Lipinski definition) is 3. The third-order valence-corrected chi connectivity index (χ3v) is 5.76. The van der Waals surface area contributed by atoms with Gasteiger partial charge in [0.05, 0.1) is 25.0 Å². The molecule has 1 saturated heterocycles. The smallest absolute Gasteiger partial charge is 0.225 e. The summed E-state index contributed by atoms with van der Waals surface area (Å²) >= 11 is 0. The molecule has 0 bridgehead atoms. The van der Waals surface area contributed by atoms with E-state index in [0.29, 0.717) is 19.1 Å². The number of likely N-dealkylation sites (tertiary alicyclic amines) is 1. The van der Waals surface area contributed by atoms with Crippen molar-refractivity contribution in [2.24, 2.45) is 5.92 Å². The van der Waals surface area contributed by atoms with Crippen molar-refractivity contribution in [2.75, 3.05) is 13.1 Å². The van der Waals surface area contributed by atoms with Gasteiger partial charge in [-0.25, -0.2) is 4.98 Å². The van der Waals surface area contributed by atoms with Gasteiger partial charge >= 0.3 is 0 Å². The van der Waals surface area contributed by atoms with E-state index < -0.39 is 0 Å². The molecule has 5 rings (SSSR count). The molecule has 1 aromatic carbocycles. The minimum absolute atomic E-state index is 0.253. The van der Waals surface area contributed by atoms with Crippen LogP contribution in [0.5, 0.6) is 0 Å². The van der Waals surface area contributed by atoms with Gasteiger partial charge in [0.25, 0.3) is 0 Å². The second-order valence-corrected chi connectivity index (χ2v) is 7.77. The number of benzene rings is 1.